The number of carboxylic acids is 1. The van der Waals surface area contributed by atoms with Gasteiger partial charge in [-0.15, -0.1) is 0 Å². The molecule has 0 bridgehead atoms. The molecule has 0 spiro atoms. The summed E-state index contributed by atoms with van der Waals surface area (Å²) >= 11 is 6.73. The molecule has 3 aromatic rings. The van der Waals surface area contributed by atoms with E-state index in [1.165, 1.54) is 0 Å². The number of piperidine rings is 1. The van der Waals surface area contributed by atoms with Crippen molar-refractivity contribution in [2.24, 2.45) is 5.92 Å². The molecule has 0 aliphatic carbocycles. The lowest BCUT2D eigenvalue weighted by Crippen LogP contribution is -2.45. The first kappa shape index (κ1) is 25.8. The number of rotatable bonds is 8. The van der Waals surface area contributed by atoms with Gasteiger partial charge in [0.1, 0.15) is 17.9 Å². The molecule has 2 fully saturated rings. The number of nitrogens with zero attached hydrogens (tertiary/aromatic N) is 3. The minimum absolute atomic E-state index is 0.303. The molecule has 5 rings (SSSR count). The summed E-state index contributed by atoms with van der Waals surface area (Å²) in [6.07, 6.45) is 7.62. The van der Waals surface area contributed by atoms with Crippen molar-refractivity contribution in [2.75, 3.05) is 31.3 Å². The van der Waals surface area contributed by atoms with Crippen LogP contribution in [0.3, 0.4) is 0 Å². The van der Waals surface area contributed by atoms with E-state index >= 15 is 0 Å². The fourth-order valence-corrected chi connectivity index (χ4v) is 5.06. The molecule has 1 atom stereocenters. The Morgan fingerprint density at radius 2 is 2.03 bits per heavy atom. The highest BCUT2D eigenvalue weighted by molar-refractivity contribution is 6.32. The average molecular weight is 530 g/mol. The number of anilines is 1. The lowest BCUT2D eigenvalue weighted by molar-refractivity contribution is -0.139. The van der Waals surface area contributed by atoms with Crippen molar-refractivity contribution < 1.29 is 19.4 Å². The molecule has 0 unspecified atom stereocenters. The number of carboxylic acid groups (broad SMARTS) is 1. The molecule has 3 heterocycles. The SMILES string of the molecule is N#Cc1c(-c2ccccc2)ccnc1/C=C/c1cc(OCC2COC2)c(N2CCCC[C@H]2C(=O)O)cc1Cl. The van der Waals surface area contributed by atoms with Gasteiger partial charge in [-0.3, -0.25) is 4.98 Å². The predicted molar refractivity (Wildman–Crippen MR) is 147 cm³/mol. The quantitative estimate of drug-likeness (QED) is 0.387. The molecule has 0 saturated carbocycles. The number of pyridine rings is 1. The maximum atomic E-state index is 12.0. The van der Waals surface area contributed by atoms with Crippen molar-refractivity contribution in [3.8, 4) is 22.9 Å². The monoisotopic (exact) mass is 529 g/mol. The van der Waals surface area contributed by atoms with Crippen LogP contribution in [0, 0.1) is 17.2 Å². The number of carbonyl (C=O) groups is 1. The van der Waals surface area contributed by atoms with Gasteiger partial charge in [0, 0.05) is 24.2 Å². The maximum Gasteiger partial charge on any atom is 0.326 e. The lowest BCUT2D eigenvalue weighted by atomic mass is 9.99. The number of aliphatic carboxylic acids is 1. The minimum Gasteiger partial charge on any atom is -0.491 e. The molecule has 2 saturated heterocycles. The van der Waals surface area contributed by atoms with Gasteiger partial charge in [0.25, 0.3) is 0 Å². The summed E-state index contributed by atoms with van der Waals surface area (Å²) in [4.78, 5) is 18.3. The Balaban J connectivity index is 1.50. The van der Waals surface area contributed by atoms with Gasteiger partial charge in [-0.25, -0.2) is 4.79 Å². The highest BCUT2D eigenvalue weighted by Gasteiger charge is 2.31. The Labute approximate surface area is 226 Å². The van der Waals surface area contributed by atoms with Gasteiger partial charge in [0.15, 0.2) is 0 Å². The van der Waals surface area contributed by atoms with Crippen LogP contribution in [0.1, 0.15) is 36.1 Å². The summed E-state index contributed by atoms with van der Waals surface area (Å²) in [5.74, 6) is 0.0365. The maximum absolute atomic E-state index is 12.0. The first-order chi connectivity index (χ1) is 18.5. The van der Waals surface area contributed by atoms with E-state index in [0.29, 0.717) is 72.0 Å². The van der Waals surface area contributed by atoms with Crippen LogP contribution < -0.4 is 9.64 Å². The van der Waals surface area contributed by atoms with E-state index in [1.54, 1.807) is 18.3 Å². The van der Waals surface area contributed by atoms with Crippen LogP contribution >= 0.6 is 11.6 Å². The third kappa shape index (κ3) is 5.52. The molecule has 2 aliphatic heterocycles. The summed E-state index contributed by atoms with van der Waals surface area (Å²) in [5.41, 5.74) is 4.12. The van der Waals surface area contributed by atoms with E-state index in [-0.39, 0.29) is 0 Å². The fourth-order valence-electron chi connectivity index (χ4n) is 4.84. The van der Waals surface area contributed by atoms with Crippen molar-refractivity contribution in [2.45, 2.75) is 25.3 Å². The second kappa shape index (κ2) is 11.7. The molecular formula is C30H28ClN3O4. The minimum atomic E-state index is -0.850. The van der Waals surface area contributed by atoms with Crippen molar-refractivity contribution >= 4 is 35.4 Å². The molecule has 7 nitrogen and oxygen atoms in total. The van der Waals surface area contributed by atoms with Gasteiger partial charge in [-0.2, -0.15) is 5.26 Å². The zero-order valence-corrected chi connectivity index (χ0v) is 21.6. The third-order valence-corrected chi connectivity index (χ3v) is 7.28. The first-order valence-electron chi connectivity index (χ1n) is 12.7. The second-order valence-electron chi connectivity index (χ2n) is 9.53. The first-order valence-corrected chi connectivity index (χ1v) is 13.1. The largest absolute Gasteiger partial charge is 0.491 e. The molecule has 0 radical (unpaired) electrons. The summed E-state index contributed by atoms with van der Waals surface area (Å²) in [7, 11) is 0. The number of hydrogen-bond acceptors (Lipinski definition) is 6. The molecule has 1 N–H and O–H groups in total. The Hall–Kier alpha value is -3.86. The zero-order chi connectivity index (χ0) is 26.5. The van der Waals surface area contributed by atoms with Gasteiger partial charge in [-0.05, 0) is 54.7 Å². The van der Waals surface area contributed by atoms with E-state index in [9.17, 15) is 15.2 Å². The zero-order valence-electron chi connectivity index (χ0n) is 20.8. The Bertz CT molecular complexity index is 1380. The van der Waals surface area contributed by atoms with Crippen molar-refractivity contribution in [3.05, 3.63) is 76.6 Å². The molecule has 38 heavy (non-hydrogen) atoms. The molecule has 0 amide bonds. The van der Waals surface area contributed by atoms with Crippen molar-refractivity contribution in [3.63, 3.8) is 0 Å². The van der Waals surface area contributed by atoms with E-state index in [0.717, 1.165) is 24.0 Å². The van der Waals surface area contributed by atoms with Crippen LogP contribution in [0.5, 0.6) is 5.75 Å². The van der Waals surface area contributed by atoms with Crippen LogP contribution in [-0.2, 0) is 9.53 Å². The standard InChI is InChI=1S/C30H28ClN3O4/c31-25-15-28(34-13-5-4-8-27(34)30(35)36)29(38-19-20-17-37-18-20)14-22(25)9-10-26-24(16-32)23(11-12-33-26)21-6-2-1-3-7-21/h1-3,6-7,9-12,14-15,20,27H,4-5,8,13,17-19H2,(H,35,36)/b10-9+/t27-/m0/s1. The fraction of sp³-hybridized carbons (Fsp3) is 0.300. The van der Waals surface area contributed by atoms with Gasteiger partial charge < -0.3 is 19.5 Å². The Morgan fingerprint density at radius 1 is 1.21 bits per heavy atom. The van der Waals surface area contributed by atoms with Crippen LogP contribution in [0.15, 0.2) is 54.7 Å². The molecule has 194 valence electrons. The van der Waals surface area contributed by atoms with Crippen LogP contribution in [0.2, 0.25) is 5.02 Å². The summed E-state index contributed by atoms with van der Waals surface area (Å²) in [5, 5.41) is 20.2. The van der Waals surface area contributed by atoms with Crippen LogP contribution in [0.25, 0.3) is 23.3 Å². The van der Waals surface area contributed by atoms with E-state index in [1.807, 2.05) is 53.4 Å². The summed E-state index contributed by atoms with van der Waals surface area (Å²) < 4.78 is 11.5. The normalized spacial score (nSPS) is 17.7. The number of ether oxygens (including phenoxy) is 2. The third-order valence-electron chi connectivity index (χ3n) is 6.95. The highest BCUT2D eigenvalue weighted by atomic mass is 35.5. The number of hydrogen-bond donors (Lipinski definition) is 1. The van der Waals surface area contributed by atoms with E-state index < -0.39 is 12.0 Å². The predicted octanol–water partition coefficient (Wildman–Crippen LogP) is 5.91. The second-order valence-corrected chi connectivity index (χ2v) is 9.94. The number of nitriles is 1. The van der Waals surface area contributed by atoms with Gasteiger partial charge in [-0.1, -0.05) is 48.0 Å². The number of halogens is 1. The number of benzene rings is 2. The van der Waals surface area contributed by atoms with Crippen molar-refractivity contribution in [1.29, 1.82) is 5.26 Å². The molecule has 2 aromatic carbocycles. The molecule has 1 aromatic heterocycles. The Morgan fingerprint density at radius 3 is 2.74 bits per heavy atom. The smallest absolute Gasteiger partial charge is 0.326 e. The molecular weight excluding hydrogens is 502 g/mol. The summed E-state index contributed by atoms with van der Waals surface area (Å²) in [6.45, 7) is 2.39. The van der Waals surface area contributed by atoms with Gasteiger partial charge >= 0.3 is 5.97 Å². The van der Waals surface area contributed by atoms with Crippen molar-refractivity contribution in [1.82, 2.24) is 4.98 Å². The number of aromatic nitrogens is 1. The van der Waals surface area contributed by atoms with E-state index in [2.05, 4.69) is 11.1 Å². The summed E-state index contributed by atoms with van der Waals surface area (Å²) in [6, 6.07) is 16.8. The highest BCUT2D eigenvalue weighted by Crippen LogP contribution is 2.39. The van der Waals surface area contributed by atoms with E-state index in [4.69, 9.17) is 21.1 Å². The Kier molecular flexibility index (Phi) is 7.92. The lowest BCUT2D eigenvalue weighted by Gasteiger charge is -2.36. The van der Waals surface area contributed by atoms with Gasteiger partial charge in [0.2, 0.25) is 0 Å². The topological polar surface area (TPSA) is 95.7 Å². The van der Waals surface area contributed by atoms with Crippen LogP contribution in [-0.4, -0.2) is 48.5 Å². The molecule has 2 aliphatic rings. The van der Waals surface area contributed by atoms with Crippen LogP contribution in [0.4, 0.5) is 5.69 Å². The van der Waals surface area contributed by atoms with Gasteiger partial charge in [0.05, 0.1) is 41.8 Å². The molecule has 8 heteroatoms. The average Bonchev–Trinajstić information content (AvgIpc) is 2.92.